The molecule has 4 rings (SSSR count). The number of hydrogen-bond acceptors (Lipinski definition) is 6. The Morgan fingerprint density at radius 1 is 1.07 bits per heavy atom. The molecule has 28 heavy (non-hydrogen) atoms. The van der Waals surface area contributed by atoms with Crippen molar-refractivity contribution < 1.29 is 14.2 Å². The van der Waals surface area contributed by atoms with E-state index in [2.05, 4.69) is 40.0 Å². The van der Waals surface area contributed by atoms with E-state index in [1.807, 2.05) is 6.92 Å². The van der Waals surface area contributed by atoms with Crippen LogP contribution in [0.15, 0.2) is 18.2 Å². The number of aryl methyl sites for hydroxylation is 2. The maximum Gasteiger partial charge on any atom is 0.161 e. The van der Waals surface area contributed by atoms with Gasteiger partial charge >= 0.3 is 0 Å². The van der Waals surface area contributed by atoms with Gasteiger partial charge in [0.1, 0.15) is 11.6 Å². The lowest BCUT2D eigenvalue weighted by Crippen LogP contribution is -2.47. The molecule has 1 fully saturated rings. The van der Waals surface area contributed by atoms with Crippen LogP contribution in [-0.2, 0) is 23.2 Å². The van der Waals surface area contributed by atoms with Gasteiger partial charge in [0.15, 0.2) is 11.5 Å². The Labute approximate surface area is 166 Å². The Kier molecular flexibility index (Phi) is 5.15. The number of rotatable bonds is 4. The third-order valence-corrected chi connectivity index (χ3v) is 5.98. The van der Waals surface area contributed by atoms with Gasteiger partial charge in [-0.15, -0.1) is 0 Å². The molecular formula is C22H29N3O3. The van der Waals surface area contributed by atoms with Gasteiger partial charge in [0.25, 0.3) is 0 Å². The summed E-state index contributed by atoms with van der Waals surface area (Å²) in [5.74, 6) is 3.43. The first-order valence-corrected chi connectivity index (χ1v) is 10.1. The van der Waals surface area contributed by atoms with E-state index in [1.54, 1.807) is 14.2 Å². The van der Waals surface area contributed by atoms with Crippen molar-refractivity contribution in [3.8, 4) is 11.5 Å². The second-order valence-electron chi connectivity index (χ2n) is 7.56. The van der Waals surface area contributed by atoms with Gasteiger partial charge in [0, 0.05) is 24.8 Å². The van der Waals surface area contributed by atoms with E-state index >= 15 is 0 Å². The molecule has 0 N–H and O–H groups in total. The van der Waals surface area contributed by atoms with Crippen LogP contribution in [-0.4, -0.2) is 43.9 Å². The molecule has 0 unspecified atom stereocenters. The molecule has 6 heteroatoms. The van der Waals surface area contributed by atoms with Gasteiger partial charge in [0.2, 0.25) is 0 Å². The molecule has 1 saturated heterocycles. The Morgan fingerprint density at radius 2 is 1.79 bits per heavy atom. The molecule has 0 aliphatic carbocycles. The van der Waals surface area contributed by atoms with Crippen molar-refractivity contribution in [2.24, 2.45) is 0 Å². The number of nitrogens with zero attached hydrogens (tertiary/aromatic N) is 3. The fourth-order valence-electron chi connectivity index (χ4n) is 4.45. The van der Waals surface area contributed by atoms with Gasteiger partial charge in [-0.25, -0.2) is 9.97 Å². The Hall–Kier alpha value is -2.34. The van der Waals surface area contributed by atoms with Crippen LogP contribution in [0.3, 0.4) is 0 Å². The highest BCUT2D eigenvalue weighted by molar-refractivity contribution is 5.51. The fourth-order valence-corrected chi connectivity index (χ4v) is 4.45. The molecule has 150 valence electrons. The van der Waals surface area contributed by atoms with Crippen molar-refractivity contribution in [3.05, 3.63) is 40.8 Å². The summed E-state index contributed by atoms with van der Waals surface area (Å²) < 4.78 is 17.5. The van der Waals surface area contributed by atoms with E-state index in [0.717, 1.165) is 74.2 Å². The van der Waals surface area contributed by atoms with E-state index in [-0.39, 0.29) is 5.60 Å². The van der Waals surface area contributed by atoms with Crippen molar-refractivity contribution in [2.75, 3.05) is 38.8 Å². The summed E-state index contributed by atoms with van der Waals surface area (Å²) >= 11 is 0. The first-order valence-electron chi connectivity index (χ1n) is 10.1. The first kappa shape index (κ1) is 19.0. The van der Waals surface area contributed by atoms with Crippen molar-refractivity contribution in [1.82, 2.24) is 9.97 Å². The van der Waals surface area contributed by atoms with E-state index in [0.29, 0.717) is 0 Å². The van der Waals surface area contributed by atoms with Gasteiger partial charge < -0.3 is 19.1 Å². The zero-order chi connectivity index (χ0) is 19.7. The number of hydrogen-bond donors (Lipinski definition) is 0. The van der Waals surface area contributed by atoms with Crippen LogP contribution in [0.1, 0.15) is 42.4 Å². The van der Waals surface area contributed by atoms with Crippen molar-refractivity contribution in [2.45, 2.75) is 45.1 Å². The predicted molar refractivity (Wildman–Crippen MR) is 108 cm³/mol. The number of ether oxygens (including phenoxy) is 3. The topological polar surface area (TPSA) is 56.7 Å². The minimum atomic E-state index is -0.251. The minimum Gasteiger partial charge on any atom is -0.493 e. The SMILES string of the molecule is CCc1cc(N2CCC3(CC2)OCCc2cc(OC)c(OC)cc23)nc(C)n1. The minimum absolute atomic E-state index is 0.251. The molecule has 1 spiro atoms. The molecule has 6 nitrogen and oxygen atoms in total. The summed E-state index contributed by atoms with van der Waals surface area (Å²) in [6, 6.07) is 6.35. The second kappa shape index (κ2) is 7.59. The molecule has 0 atom stereocenters. The van der Waals surface area contributed by atoms with Gasteiger partial charge in [-0.05, 0) is 55.9 Å². The first-order chi connectivity index (χ1) is 13.6. The lowest BCUT2D eigenvalue weighted by Gasteiger charge is -2.45. The third-order valence-electron chi connectivity index (χ3n) is 5.98. The van der Waals surface area contributed by atoms with Crippen LogP contribution in [0.25, 0.3) is 0 Å². The molecule has 0 radical (unpaired) electrons. The molecule has 2 aromatic rings. The molecule has 2 aliphatic rings. The number of methoxy groups -OCH3 is 2. The van der Waals surface area contributed by atoms with E-state index in [9.17, 15) is 0 Å². The monoisotopic (exact) mass is 383 g/mol. The normalized spacial score (nSPS) is 18.1. The average molecular weight is 383 g/mol. The standard InChI is InChI=1S/C22H29N3O3/c1-5-17-13-21(24-15(2)23-17)25-9-7-22(8-10-25)18-14-20(27-4)19(26-3)12-16(18)6-11-28-22/h12-14H,5-11H2,1-4H3. The molecule has 3 heterocycles. The molecule has 0 amide bonds. The molecule has 0 bridgehead atoms. The maximum absolute atomic E-state index is 6.40. The lowest BCUT2D eigenvalue weighted by molar-refractivity contribution is -0.0768. The fraction of sp³-hybridized carbons (Fsp3) is 0.545. The number of fused-ring (bicyclic) bond motifs is 2. The second-order valence-corrected chi connectivity index (χ2v) is 7.56. The lowest BCUT2D eigenvalue weighted by atomic mass is 9.79. The summed E-state index contributed by atoms with van der Waals surface area (Å²) in [5, 5.41) is 0. The molecule has 2 aliphatic heterocycles. The van der Waals surface area contributed by atoms with Gasteiger partial charge in [0.05, 0.1) is 26.4 Å². The number of piperidine rings is 1. The maximum atomic E-state index is 6.40. The van der Waals surface area contributed by atoms with E-state index in [1.165, 1.54) is 11.1 Å². The molecule has 1 aromatic heterocycles. The van der Waals surface area contributed by atoms with E-state index in [4.69, 9.17) is 14.2 Å². The Morgan fingerprint density at radius 3 is 2.46 bits per heavy atom. The zero-order valence-electron chi connectivity index (χ0n) is 17.2. The molecular weight excluding hydrogens is 354 g/mol. The van der Waals surface area contributed by atoms with Crippen LogP contribution in [0, 0.1) is 6.92 Å². The highest BCUT2D eigenvalue weighted by atomic mass is 16.5. The van der Waals surface area contributed by atoms with Gasteiger partial charge in [-0.3, -0.25) is 0 Å². The summed E-state index contributed by atoms with van der Waals surface area (Å²) in [6.07, 6.45) is 3.69. The summed E-state index contributed by atoms with van der Waals surface area (Å²) in [6.45, 7) is 6.66. The largest absolute Gasteiger partial charge is 0.493 e. The quantitative estimate of drug-likeness (QED) is 0.806. The van der Waals surface area contributed by atoms with Crippen LogP contribution < -0.4 is 14.4 Å². The van der Waals surface area contributed by atoms with Gasteiger partial charge in [-0.2, -0.15) is 0 Å². The highest BCUT2D eigenvalue weighted by Gasteiger charge is 2.41. The van der Waals surface area contributed by atoms with Crippen LogP contribution in [0.4, 0.5) is 5.82 Å². The Balaban J connectivity index is 1.61. The van der Waals surface area contributed by atoms with Crippen molar-refractivity contribution in [1.29, 1.82) is 0 Å². The Bertz CT molecular complexity index is 860. The van der Waals surface area contributed by atoms with Crippen molar-refractivity contribution >= 4 is 5.82 Å². The average Bonchev–Trinajstić information content (AvgIpc) is 2.73. The summed E-state index contributed by atoms with van der Waals surface area (Å²) in [7, 11) is 3.37. The van der Waals surface area contributed by atoms with Crippen LogP contribution in [0.5, 0.6) is 11.5 Å². The zero-order valence-corrected chi connectivity index (χ0v) is 17.2. The smallest absolute Gasteiger partial charge is 0.161 e. The van der Waals surface area contributed by atoms with Crippen LogP contribution >= 0.6 is 0 Å². The third kappa shape index (κ3) is 3.30. The highest BCUT2D eigenvalue weighted by Crippen LogP contribution is 2.45. The van der Waals surface area contributed by atoms with Crippen LogP contribution in [0.2, 0.25) is 0 Å². The molecule has 0 saturated carbocycles. The number of anilines is 1. The summed E-state index contributed by atoms with van der Waals surface area (Å²) in [5.41, 5.74) is 3.41. The van der Waals surface area contributed by atoms with Gasteiger partial charge in [-0.1, -0.05) is 6.92 Å². The number of benzene rings is 1. The summed E-state index contributed by atoms with van der Waals surface area (Å²) in [4.78, 5) is 11.5. The van der Waals surface area contributed by atoms with Crippen molar-refractivity contribution in [3.63, 3.8) is 0 Å². The number of aromatic nitrogens is 2. The van der Waals surface area contributed by atoms with E-state index < -0.39 is 0 Å². The predicted octanol–water partition coefficient (Wildman–Crippen LogP) is 3.43. The molecule has 1 aromatic carbocycles.